The zero-order valence-corrected chi connectivity index (χ0v) is 21.6. The zero-order valence-electron chi connectivity index (χ0n) is 20.8. The maximum absolute atomic E-state index is 13.0. The monoisotopic (exact) mass is 556 g/mol. The van der Waals surface area contributed by atoms with Crippen LogP contribution in [0.5, 0.6) is 5.75 Å². The van der Waals surface area contributed by atoms with Gasteiger partial charge in [-0.15, -0.1) is 0 Å². The van der Waals surface area contributed by atoms with Crippen LogP contribution < -0.4 is 4.74 Å². The Hall–Kier alpha value is -3.12. The summed E-state index contributed by atoms with van der Waals surface area (Å²) in [5.74, 6) is -2.22. The average Bonchev–Trinajstić information content (AvgIpc) is 3.57. The van der Waals surface area contributed by atoms with Crippen LogP contribution in [0.2, 0.25) is 0 Å². The van der Waals surface area contributed by atoms with Crippen molar-refractivity contribution in [2.45, 2.75) is 42.8 Å². The van der Waals surface area contributed by atoms with Gasteiger partial charge in [0.1, 0.15) is 12.4 Å². The minimum Gasteiger partial charge on any atom is -0.493 e. The van der Waals surface area contributed by atoms with E-state index in [1.54, 1.807) is 54.6 Å². The second-order valence-electron chi connectivity index (χ2n) is 9.11. The van der Waals surface area contributed by atoms with Crippen LogP contribution in [-0.2, 0) is 14.6 Å². The summed E-state index contributed by atoms with van der Waals surface area (Å²) in [7, 11) is -3.37. The van der Waals surface area contributed by atoms with Crippen molar-refractivity contribution in [2.24, 2.45) is 0 Å². The summed E-state index contributed by atoms with van der Waals surface area (Å²) in [4.78, 5) is 26.7. The van der Waals surface area contributed by atoms with Crippen LogP contribution in [0, 0.1) is 0 Å². The number of likely N-dealkylation sites (tertiary alicyclic amines) is 2. The Balaban J connectivity index is 0.000000505. The highest BCUT2D eigenvalue weighted by Crippen LogP contribution is 2.23. The van der Waals surface area contributed by atoms with Crippen molar-refractivity contribution in [1.29, 1.82) is 0 Å². The van der Waals surface area contributed by atoms with Gasteiger partial charge in [-0.05, 0) is 75.2 Å². The van der Waals surface area contributed by atoms with Crippen LogP contribution in [0.25, 0.3) is 0 Å². The maximum Gasteiger partial charge on any atom is 0.490 e. The number of ether oxygens (including phenoxy) is 1. The highest BCUT2D eigenvalue weighted by atomic mass is 32.2. The summed E-state index contributed by atoms with van der Waals surface area (Å²) in [5, 5.41) is 7.12. The van der Waals surface area contributed by atoms with Crippen molar-refractivity contribution in [3.63, 3.8) is 0 Å². The number of carboxylic acids is 1. The number of carboxylic acid groups (broad SMARTS) is 1. The van der Waals surface area contributed by atoms with Gasteiger partial charge in [0, 0.05) is 24.7 Å². The molecule has 12 heteroatoms. The molecule has 4 rings (SSSR count). The minimum absolute atomic E-state index is 0.0640. The van der Waals surface area contributed by atoms with Crippen molar-refractivity contribution >= 4 is 21.7 Å². The zero-order chi connectivity index (χ0) is 27.8. The lowest BCUT2D eigenvalue weighted by Crippen LogP contribution is -2.42. The molecule has 0 radical (unpaired) electrons. The molecule has 208 valence electrons. The van der Waals surface area contributed by atoms with Crippen LogP contribution in [0.4, 0.5) is 13.2 Å². The number of carbonyl (C=O) groups is 2. The van der Waals surface area contributed by atoms with Gasteiger partial charge in [-0.1, -0.05) is 18.2 Å². The van der Waals surface area contributed by atoms with E-state index in [0.717, 1.165) is 39.0 Å². The van der Waals surface area contributed by atoms with Crippen LogP contribution in [0.1, 0.15) is 36.0 Å². The van der Waals surface area contributed by atoms with Crippen molar-refractivity contribution in [2.75, 3.05) is 38.5 Å². The molecule has 0 spiro atoms. The quantitative estimate of drug-likeness (QED) is 0.526. The van der Waals surface area contributed by atoms with Crippen molar-refractivity contribution in [3.05, 3.63) is 60.2 Å². The van der Waals surface area contributed by atoms with Crippen LogP contribution in [0.3, 0.4) is 0 Å². The van der Waals surface area contributed by atoms with Gasteiger partial charge < -0.3 is 19.6 Å². The Morgan fingerprint density at radius 2 is 1.55 bits per heavy atom. The molecule has 2 fully saturated rings. The van der Waals surface area contributed by atoms with E-state index in [1.165, 1.54) is 12.8 Å². The molecular formula is C26H31F3N2O6S. The molecule has 1 unspecified atom stereocenters. The van der Waals surface area contributed by atoms with Gasteiger partial charge in [0.2, 0.25) is 0 Å². The SMILES string of the molecule is O=C(O)C(F)(F)F.O=C(c1ccc(OCCS(=O)(=O)c2ccccc2)cc1)N1CCCC1CN1CCCC1. The van der Waals surface area contributed by atoms with Crippen molar-refractivity contribution in [3.8, 4) is 5.75 Å². The lowest BCUT2D eigenvalue weighted by Gasteiger charge is -2.28. The molecule has 2 heterocycles. The lowest BCUT2D eigenvalue weighted by atomic mass is 10.1. The summed E-state index contributed by atoms with van der Waals surface area (Å²) < 4.78 is 62.0. The number of alkyl halides is 3. The largest absolute Gasteiger partial charge is 0.493 e. The molecule has 2 saturated heterocycles. The fourth-order valence-corrected chi connectivity index (χ4v) is 5.54. The first-order valence-electron chi connectivity index (χ1n) is 12.3. The van der Waals surface area contributed by atoms with Gasteiger partial charge in [-0.25, -0.2) is 13.2 Å². The standard InChI is InChI=1S/C24H30N2O4S.C2HF3O2/c27-24(26-16-6-7-21(26)19-25-14-4-5-15-25)20-10-12-22(13-11-20)30-17-18-31(28,29)23-8-2-1-3-9-23;3-2(4,5)1(6)7/h1-3,8-13,21H,4-7,14-19H2;(H,6,7). The Bertz CT molecular complexity index is 1170. The normalized spacial score (nSPS) is 18.1. The number of nitrogens with zero attached hydrogens (tertiary/aromatic N) is 2. The van der Waals surface area contributed by atoms with Crippen LogP contribution in [0.15, 0.2) is 59.5 Å². The summed E-state index contributed by atoms with van der Waals surface area (Å²) >= 11 is 0. The molecule has 1 atom stereocenters. The topological polar surface area (TPSA) is 104 Å². The Morgan fingerprint density at radius 1 is 0.947 bits per heavy atom. The van der Waals surface area contributed by atoms with Gasteiger partial charge in [-0.3, -0.25) is 4.79 Å². The van der Waals surface area contributed by atoms with E-state index in [9.17, 15) is 26.4 Å². The van der Waals surface area contributed by atoms with Crippen molar-refractivity contribution < 1.29 is 41.0 Å². The number of carbonyl (C=O) groups excluding carboxylic acids is 1. The van der Waals surface area contributed by atoms with E-state index in [2.05, 4.69) is 4.90 Å². The molecule has 2 aromatic carbocycles. The molecule has 0 saturated carbocycles. The van der Waals surface area contributed by atoms with Gasteiger partial charge in [0.05, 0.1) is 10.6 Å². The predicted octanol–water partition coefficient (Wildman–Crippen LogP) is 3.87. The van der Waals surface area contributed by atoms with Gasteiger partial charge in [0.15, 0.2) is 9.84 Å². The first-order chi connectivity index (χ1) is 18.0. The molecule has 38 heavy (non-hydrogen) atoms. The first-order valence-corrected chi connectivity index (χ1v) is 14.0. The molecule has 1 N–H and O–H groups in total. The van der Waals surface area contributed by atoms with E-state index < -0.39 is 22.0 Å². The fourth-order valence-electron chi connectivity index (χ4n) is 4.43. The minimum atomic E-state index is -5.08. The number of rotatable bonds is 8. The molecule has 0 bridgehead atoms. The van der Waals surface area contributed by atoms with Crippen LogP contribution >= 0.6 is 0 Å². The summed E-state index contributed by atoms with van der Waals surface area (Å²) in [6, 6.07) is 15.7. The molecular weight excluding hydrogens is 525 g/mol. The molecule has 0 aromatic heterocycles. The average molecular weight is 557 g/mol. The van der Waals surface area contributed by atoms with E-state index in [0.29, 0.717) is 22.3 Å². The molecule has 8 nitrogen and oxygen atoms in total. The third-order valence-electron chi connectivity index (χ3n) is 6.37. The summed E-state index contributed by atoms with van der Waals surface area (Å²) in [5.41, 5.74) is 0.651. The van der Waals surface area contributed by atoms with E-state index in [-0.39, 0.29) is 18.3 Å². The van der Waals surface area contributed by atoms with Gasteiger partial charge in [0.25, 0.3) is 5.91 Å². The highest BCUT2D eigenvalue weighted by molar-refractivity contribution is 7.91. The van der Waals surface area contributed by atoms with E-state index in [1.807, 2.05) is 4.90 Å². The van der Waals surface area contributed by atoms with E-state index >= 15 is 0 Å². The number of sulfone groups is 1. The Labute approximate surface area is 219 Å². The molecule has 2 aromatic rings. The Morgan fingerprint density at radius 3 is 2.13 bits per heavy atom. The second-order valence-corrected chi connectivity index (χ2v) is 11.2. The van der Waals surface area contributed by atoms with Crippen molar-refractivity contribution in [1.82, 2.24) is 9.80 Å². The third kappa shape index (κ3) is 8.45. The Kier molecular flexibility index (Phi) is 10.1. The number of benzene rings is 2. The maximum atomic E-state index is 13.0. The number of halogens is 3. The van der Waals surface area contributed by atoms with Gasteiger partial charge >= 0.3 is 12.1 Å². The lowest BCUT2D eigenvalue weighted by molar-refractivity contribution is -0.192. The number of aliphatic carboxylic acids is 1. The molecule has 0 aliphatic carbocycles. The predicted molar refractivity (Wildman–Crippen MR) is 134 cm³/mol. The van der Waals surface area contributed by atoms with Gasteiger partial charge in [-0.2, -0.15) is 13.2 Å². The number of hydrogen-bond donors (Lipinski definition) is 1. The molecule has 2 aliphatic rings. The fraction of sp³-hybridized carbons (Fsp3) is 0.462. The highest BCUT2D eigenvalue weighted by Gasteiger charge is 2.38. The third-order valence-corrected chi connectivity index (χ3v) is 8.07. The van der Waals surface area contributed by atoms with Crippen LogP contribution in [-0.4, -0.2) is 86.0 Å². The molecule has 2 aliphatic heterocycles. The summed E-state index contributed by atoms with van der Waals surface area (Å²) in [6.07, 6.45) is -0.440. The smallest absolute Gasteiger partial charge is 0.490 e. The summed E-state index contributed by atoms with van der Waals surface area (Å²) in [6.45, 7) is 4.14. The van der Waals surface area contributed by atoms with E-state index in [4.69, 9.17) is 14.6 Å². The first kappa shape index (κ1) is 29.4. The number of hydrogen-bond acceptors (Lipinski definition) is 6. The second kappa shape index (κ2) is 13.1. The molecule has 1 amide bonds. The number of amides is 1.